The molecule has 1 aromatic heterocycles. The highest BCUT2D eigenvalue weighted by Crippen LogP contribution is 2.34. The van der Waals surface area contributed by atoms with Gasteiger partial charge in [-0.1, -0.05) is 16.8 Å². The zero-order valence-electron chi connectivity index (χ0n) is 14.8. The zero-order valence-corrected chi connectivity index (χ0v) is 15.5. The molecule has 2 N–H and O–H groups in total. The normalized spacial score (nSPS) is 26.3. The first-order valence-electron chi connectivity index (χ1n) is 9.72. The molecule has 1 aromatic carbocycles. The Morgan fingerprint density at radius 1 is 1.12 bits per heavy atom. The summed E-state index contributed by atoms with van der Waals surface area (Å²) >= 11 is 6.15. The van der Waals surface area contributed by atoms with Gasteiger partial charge in [0.05, 0.1) is 5.69 Å². The molecule has 4 rings (SSSR count). The van der Waals surface area contributed by atoms with Crippen molar-refractivity contribution in [1.82, 2.24) is 10.1 Å². The quantitative estimate of drug-likeness (QED) is 0.866. The van der Waals surface area contributed by atoms with Crippen LogP contribution in [-0.4, -0.2) is 35.7 Å². The van der Waals surface area contributed by atoms with E-state index in [1.165, 1.54) is 38.6 Å². The third-order valence-corrected chi connectivity index (χ3v) is 6.41. The molecule has 0 unspecified atom stereocenters. The molecule has 1 saturated heterocycles. The largest absolute Gasteiger partial charge is 0.356 e. The number of nitrogens with two attached hydrogens (primary N) is 1. The van der Waals surface area contributed by atoms with Crippen molar-refractivity contribution in [2.75, 3.05) is 19.6 Å². The van der Waals surface area contributed by atoms with Crippen LogP contribution in [0.4, 0.5) is 0 Å². The highest BCUT2D eigenvalue weighted by molar-refractivity contribution is 6.31. The van der Waals surface area contributed by atoms with E-state index in [9.17, 15) is 0 Å². The predicted octanol–water partition coefficient (Wildman–Crippen LogP) is 4.57. The second kappa shape index (κ2) is 7.65. The van der Waals surface area contributed by atoms with E-state index in [0.29, 0.717) is 12.0 Å². The molecule has 0 radical (unpaired) electrons. The average Bonchev–Trinajstić information content (AvgIpc) is 3.05. The van der Waals surface area contributed by atoms with Gasteiger partial charge < -0.3 is 15.2 Å². The SMILES string of the molecule is NC1CCC(CCN2CCC(c3noc4ccc(Cl)cc34)CC2)CC1. The number of likely N-dealkylation sites (tertiary alicyclic amines) is 1. The highest BCUT2D eigenvalue weighted by Gasteiger charge is 2.26. The molecule has 2 fully saturated rings. The van der Waals surface area contributed by atoms with Gasteiger partial charge in [-0.25, -0.2) is 0 Å². The molecule has 0 atom stereocenters. The fourth-order valence-corrected chi connectivity index (χ4v) is 4.67. The average molecular weight is 362 g/mol. The molecule has 1 aliphatic carbocycles. The van der Waals surface area contributed by atoms with Gasteiger partial charge in [0, 0.05) is 22.4 Å². The summed E-state index contributed by atoms with van der Waals surface area (Å²) in [7, 11) is 0. The minimum absolute atomic E-state index is 0.456. The summed E-state index contributed by atoms with van der Waals surface area (Å²) in [5.74, 6) is 1.38. The summed E-state index contributed by atoms with van der Waals surface area (Å²) in [5.41, 5.74) is 7.95. The Bertz CT molecular complexity index is 700. The van der Waals surface area contributed by atoms with Gasteiger partial charge in [-0.15, -0.1) is 0 Å². The summed E-state index contributed by atoms with van der Waals surface area (Å²) in [6.45, 7) is 3.55. The zero-order chi connectivity index (χ0) is 17.2. The fraction of sp³-hybridized carbons (Fsp3) is 0.650. The molecular weight excluding hydrogens is 334 g/mol. The van der Waals surface area contributed by atoms with Crippen LogP contribution in [0.15, 0.2) is 22.7 Å². The third-order valence-electron chi connectivity index (χ3n) is 6.18. The predicted molar refractivity (Wildman–Crippen MR) is 102 cm³/mol. The van der Waals surface area contributed by atoms with E-state index < -0.39 is 0 Å². The fourth-order valence-electron chi connectivity index (χ4n) is 4.50. The van der Waals surface area contributed by atoms with Crippen molar-refractivity contribution in [2.45, 2.75) is 56.9 Å². The second-order valence-electron chi connectivity index (χ2n) is 7.89. The molecule has 5 heteroatoms. The van der Waals surface area contributed by atoms with Gasteiger partial charge in [0.1, 0.15) is 0 Å². The number of hydrogen-bond acceptors (Lipinski definition) is 4. The van der Waals surface area contributed by atoms with Gasteiger partial charge in [-0.3, -0.25) is 0 Å². The lowest BCUT2D eigenvalue weighted by molar-refractivity contribution is 0.184. The lowest BCUT2D eigenvalue weighted by Crippen LogP contribution is -2.35. The number of hydrogen-bond donors (Lipinski definition) is 1. The van der Waals surface area contributed by atoms with Crippen molar-refractivity contribution in [1.29, 1.82) is 0 Å². The molecule has 136 valence electrons. The summed E-state index contributed by atoms with van der Waals surface area (Å²) in [6.07, 6.45) is 8.73. The van der Waals surface area contributed by atoms with Crippen molar-refractivity contribution in [3.05, 3.63) is 28.9 Å². The Labute approximate surface area is 154 Å². The van der Waals surface area contributed by atoms with E-state index in [0.717, 1.165) is 53.5 Å². The van der Waals surface area contributed by atoms with Crippen LogP contribution in [0.25, 0.3) is 11.0 Å². The monoisotopic (exact) mass is 361 g/mol. The van der Waals surface area contributed by atoms with Gasteiger partial charge in [0.2, 0.25) is 0 Å². The van der Waals surface area contributed by atoms with E-state index in [2.05, 4.69) is 10.1 Å². The van der Waals surface area contributed by atoms with Crippen LogP contribution >= 0.6 is 11.6 Å². The van der Waals surface area contributed by atoms with Crippen molar-refractivity contribution in [3.8, 4) is 0 Å². The van der Waals surface area contributed by atoms with Gasteiger partial charge in [-0.2, -0.15) is 0 Å². The topological polar surface area (TPSA) is 55.3 Å². The summed E-state index contributed by atoms with van der Waals surface area (Å²) in [5, 5.41) is 6.19. The van der Waals surface area contributed by atoms with Crippen molar-refractivity contribution >= 4 is 22.6 Å². The standard InChI is InChI=1S/C20H28ClN3O/c21-16-3-6-19-18(13-16)20(23-25-19)15-8-11-24(12-9-15)10-7-14-1-4-17(22)5-2-14/h3,6,13-15,17H,1-2,4-5,7-12,22H2. The molecule has 2 aliphatic rings. The van der Waals surface area contributed by atoms with Gasteiger partial charge >= 0.3 is 0 Å². The Morgan fingerprint density at radius 3 is 2.64 bits per heavy atom. The molecule has 2 aromatic rings. The molecule has 0 spiro atoms. The van der Waals surface area contributed by atoms with Crippen LogP contribution in [0, 0.1) is 5.92 Å². The molecular formula is C20H28ClN3O. The molecule has 1 aliphatic heterocycles. The van der Waals surface area contributed by atoms with Crippen LogP contribution in [-0.2, 0) is 0 Å². The first kappa shape index (κ1) is 17.3. The van der Waals surface area contributed by atoms with Gasteiger partial charge in [0.25, 0.3) is 0 Å². The number of nitrogens with zero attached hydrogens (tertiary/aromatic N) is 2. The van der Waals surface area contributed by atoms with E-state index >= 15 is 0 Å². The van der Waals surface area contributed by atoms with Crippen molar-refractivity contribution < 1.29 is 4.52 Å². The Hall–Kier alpha value is -1.10. The smallest absolute Gasteiger partial charge is 0.167 e. The van der Waals surface area contributed by atoms with Crippen LogP contribution in [0.1, 0.15) is 56.6 Å². The van der Waals surface area contributed by atoms with Gasteiger partial charge in [-0.05, 0) is 88.7 Å². The maximum Gasteiger partial charge on any atom is 0.167 e. The van der Waals surface area contributed by atoms with Crippen LogP contribution in [0.2, 0.25) is 5.02 Å². The lowest BCUT2D eigenvalue weighted by atomic mass is 9.84. The highest BCUT2D eigenvalue weighted by atomic mass is 35.5. The van der Waals surface area contributed by atoms with E-state index in [-0.39, 0.29) is 0 Å². The maximum absolute atomic E-state index is 6.15. The number of halogens is 1. The lowest BCUT2D eigenvalue weighted by Gasteiger charge is -2.33. The van der Waals surface area contributed by atoms with Gasteiger partial charge in [0.15, 0.2) is 5.58 Å². The number of rotatable bonds is 4. The summed E-state index contributed by atoms with van der Waals surface area (Å²) in [4.78, 5) is 2.63. The van der Waals surface area contributed by atoms with Crippen molar-refractivity contribution in [3.63, 3.8) is 0 Å². The minimum Gasteiger partial charge on any atom is -0.356 e. The van der Waals surface area contributed by atoms with E-state index in [4.69, 9.17) is 21.9 Å². The Kier molecular flexibility index (Phi) is 5.30. The molecule has 0 bridgehead atoms. The number of piperidine rings is 1. The molecule has 2 heterocycles. The second-order valence-corrected chi connectivity index (χ2v) is 8.33. The number of fused-ring (bicyclic) bond motifs is 1. The summed E-state index contributed by atoms with van der Waals surface area (Å²) in [6, 6.07) is 6.22. The first-order valence-corrected chi connectivity index (χ1v) is 10.1. The van der Waals surface area contributed by atoms with Crippen molar-refractivity contribution in [2.24, 2.45) is 11.7 Å². The van der Waals surface area contributed by atoms with E-state index in [1.807, 2.05) is 18.2 Å². The van der Waals surface area contributed by atoms with Crippen LogP contribution in [0.5, 0.6) is 0 Å². The minimum atomic E-state index is 0.456. The third kappa shape index (κ3) is 4.02. The molecule has 4 nitrogen and oxygen atoms in total. The molecule has 25 heavy (non-hydrogen) atoms. The summed E-state index contributed by atoms with van der Waals surface area (Å²) < 4.78 is 5.49. The molecule has 0 amide bonds. The Morgan fingerprint density at radius 2 is 1.88 bits per heavy atom. The van der Waals surface area contributed by atoms with Crippen LogP contribution < -0.4 is 5.73 Å². The number of aromatic nitrogens is 1. The molecule has 1 saturated carbocycles. The number of benzene rings is 1. The van der Waals surface area contributed by atoms with Crippen LogP contribution in [0.3, 0.4) is 0 Å². The first-order chi connectivity index (χ1) is 12.2. The van der Waals surface area contributed by atoms with E-state index in [1.54, 1.807) is 0 Å². The maximum atomic E-state index is 6.15. The Balaban J connectivity index is 1.30.